The van der Waals surface area contributed by atoms with Crippen molar-refractivity contribution in [2.24, 2.45) is 4.99 Å². The van der Waals surface area contributed by atoms with Crippen LogP contribution in [-0.4, -0.2) is 46.5 Å². The Kier molecular flexibility index (Phi) is 10.4. The Hall–Kier alpha value is -2.93. The Labute approximate surface area is 179 Å². The third-order valence-corrected chi connectivity index (χ3v) is 4.15. The number of nitrogens with zero attached hydrogens (tertiary/aromatic N) is 1. The molecule has 0 fully saturated rings. The highest BCUT2D eigenvalue weighted by Crippen LogP contribution is 2.30. The smallest absolute Gasteiger partial charge is 0.196 e. The Morgan fingerprint density at radius 3 is 2.57 bits per heavy atom. The van der Waals surface area contributed by atoms with E-state index >= 15 is 0 Å². The van der Waals surface area contributed by atoms with Crippen molar-refractivity contribution in [3.8, 4) is 17.2 Å². The lowest BCUT2D eigenvalue weighted by molar-refractivity contribution is 0.172. The van der Waals surface area contributed by atoms with E-state index in [1.54, 1.807) is 14.2 Å². The standard InChI is InChI=1S/C23H33N3O4/c1-5-24-23(26-19-11-12-21(28-4)22(16-19)29-6-2)25-17-18-9-7-10-20(15-18)30-14-8-13-27-3/h7,9-12,15-16H,5-6,8,13-14,17H2,1-4H3,(H2,24,25,26). The summed E-state index contributed by atoms with van der Waals surface area (Å²) in [6.45, 7) is 7.15. The predicted molar refractivity (Wildman–Crippen MR) is 121 cm³/mol. The van der Waals surface area contributed by atoms with E-state index in [0.29, 0.717) is 43.8 Å². The van der Waals surface area contributed by atoms with Crippen LogP contribution in [0.4, 0.5) is 5.69 Å². The lowest BCUT2D eigenvalue weighted by atomic mass is 10.2. The Morgan fingerprint density at radius 1 is 0.967 bits per heavy atom. The number of hydrogen-bond donors (Lipinski definition) is 2. The third kappa shape index (κ3) is 7.83. The molecule has 0 aliphatic heterocycles. The van der Waals surface area contributed by atoms with Gasteiger partial charge in [0.25, 0.3) is 0 Å². The van der Waals surface area contributed by atoms with Crippen molar-refractivity contribution >= 4 is 11.6 Å². The largest absolute Gasteiger partial charge is 0.493 e. The first-order valence-electron chi connectivity index (χ1n) is 10.3. The van der Waals surface area contributed by atoms with Gasteiger partial charge in [-0.3, -0.25) is 0 Å². The van der Waals surface area contributed by atoms with E-state index in [1.807, 2.05) is 56.3 Å². The van der Waals surface area contributed by atoms with Gasteiger partial charge in [0.15, 0.2) is 17.5 Å². The van der Waals surface area contributed by atoms with Crippen LogP contribution < -0.4 is 24.8 Å². The molecule has 2 aromatic rings. The van der Waals surface area contributed by atoms with Crippen molar-refractivity contribution in [3.05, 3.63) is 48.0 Å². The number of hydrogen-bond acceptors (Lipinski definition) is 5. The molecule has 0 atom stereocenters. The molecule has 30 heavy (non-hydrogen) atoms. The number of benzene rings is 2. The molecular formula is C23H33N3O4. The lowest BCUT2D eigenvalue weighted by Crippen LogP contribution is -2.30. The molecule has 0 unspecified atom stereocenters. The maximum Gasteiger partial charge on any atom is 0.196 e. The Morgan fingerprint density at radius 2 is 1.83 bits per heavy atom. The molecule has 7 nitrogen and oxygen atoms in total. The first-order valence-corrected chi connectivity index (χ1v) is 10.3. The summed E-state index contributed by atoms with van der Waals surface area (Å²) in [6.07, 6.45) is 0.860. The summed E-state index contributed by atoms with van der Waals surface area (Å²) in [4.78, 5) is 4.69. The zero-order chi connectivity index (χ0) is 21.6. The summed E-state index contributed by atoms with van der Waals surface area (Å²) >= 11 is 0. The van der Waals surface area contributed by atoms with Crippen LogP contribution >= 0.6 is 0 Å². The number of anilines is 1. The fourth-order valence-electron chi connectivity index (χ4n) is 2.76. The number of rotatable bonds is 12. The number of guanidine groups is 1. The summed E-state index contributed by atoms with van der Waals surface area (Å²) < 4.78 is 21.8. The van der Waals surface area contributed by atoms with E-state index in [9.17, 15) is 0 Å². The number of methoxy groups -OCH3 is 2. The van der Waals surface area contributed by atoms with Crippen LogP contribution in [-0.2, 0) is 11.3 Å². The maximum absolute atomic E-state index is 5.77. The van der Waals surface area contributed by atoms with E-state index in [0.717, 1.165) is 30.0 Å². The quantitative estimate of drug-likeness (QED) is 0.309. The van der Waals surface area contributed by atoms with Gasteiger partial charge in [0.2, 0.25) is 0 Å². The lowest BCUT2D eigenvalue weighted by Gasteiger charge is -2.14. The molecule has 7 heteroatoms. The maximum atomic E-state index is 5.77. The first kappa shape index (κ1) is 23.3. The van der Waals surface area contributed by atoms with Gasteiger partial charge >= 0.3 is 0 Å². The van der Waals surface area contributed by atoms with Gasteiger partial charge < -0.3 is 29.6 Å². The molecule has 0 aliphatic carbocycles. The van der Waals surface area contributed by atoms with Gasteiger partial charge in [-0.2, -0.15) is 0 Å². The highest BCUT2D eigenvalue weighted by atomic mass is 16.5. The van der Waals surface area contributed by atoms with Gasteiger partial charge in [-0.25, -0.2) is 4.99 Å². The van der Waals surface area contributed by atoms with Gasteiger partial charge in [-0.1, -0.05) is 12.1 Å². The molecule has 0 bridgehead atoms. The van der Waals surface area contributed by atoms with Crippen molar-refractivity contribution in [1.29, 1.82) is 0 Å². The molecule has 0 aliphatic rings. The second-order valence-corrected chi connectivity index (χ2v) is 6.46. The minimum Gasteiger partial charge on any atom is -0.493 e. The second-order valence-electron chi connectivity index (χ2n) is 6.46. The molecule has 0 amide bonds. The summed E-state index contributed by atoms with van der Waals surface area (Å²) in [5, 5.41) is 6.59. The highest BCUT2D eigenvalue weighted by Gasteiger charge is 2.07. The van der Waals surface area contributed by atoms with Crippen molar-refractivity contribution in [2.75, 3.05) is 45.9 Å². The zero-order valence-corrected chi connectivity index (χ0v) is 18.4. The van der Waals surface area contributed by atoms with Gasteiger partial charge in [-0.05, 0) is 43.7 Å². The summed E-state index contributed by atoms with van der Waals surface area (Å²) in [6, 6.07) is 13.7. The molecule has 2 aromatic carbocycles. The van der Waals surface area contributed by atoms with E-state index in [1.165, 1.54) is 0 Å². The second kappa shape index (κ2) is 13.3. The average Bonchev–Trinajstić information content (AvgIpc) is 2.76. The third-order valence-electron chi connectivity index (χ3n) is 4.15. The molecule has 2 N–H and O–H groups in total. The molecule has 0 saturated heterocycles. The van der Waals surface area contributed by atoms with Gasteiger partial charge in [-0.15, -0.1) is 0 Å². The zero-order valence-electron chi connectivity index (χ0n) is 18.4. The van der Waals surface area contributed by atoms with Crippen molar-refractivity contribution in [1.82, 2.24) is 5.32 Å². The minimum absolute atomic E-state index is 0.527. The fourth-order valence-corrected chi connectivity index (χ4v) is 2.76. The number of ether oxygens (including phenoxy) is 4. The van der Waals surface area contributed by atoms with Crippen LogP contribution in [0.15, 0.2) is 47.5 Å². The van der Waals surface area contributed by atoms with Crippen LogP contribution in [0.5, 0.6) is 17.2 Å². The van der Waals surface area contributed by atoms with Crippen LogP contribution in [0.3, 0.4) is 0 Å². The topological polar surface area (TPSA) is 73.3 Å². The van der Waals surface area contributed by atoms with Gasteiger partial charge in [0.05, 0.1) is 26.9 Å². The number of nitrogens with one attached hydrogen (secondary N) is 2. The van der Waals surface area contributed by atoms with E-state index in [-0.39, 0.29) is 0 Å². The average molecular weight is 416 g/mol. The minimum atomic E-state index is 0.527. The van der Waals surface area contributed by atoms with Crippen molar-refractivity contribution < 1.29 is 18.9 Å². The van der Waals surface area contributed by atoms with E-state index in [2.05, 4.69) is 10.6 Å². The van der Waals surface area contributed by atoms with Crippen LogP contribution in [0.25, 0.3) is 0 Å². The highest BCUT2D eigenvalue weighted by molar-refractivity contribution is 5.93. The molecule has 164 valence electrons. The molecule has 0 saturated carbocycles. The van der Waals surface area contributed by atoms with Crippen LogP contribution in [0.1, 0.15) is 25.8 Å². The SMILES string of the molecule is CCNC(=NCc1cccc(OCCCOC)c1)Nc1ccc(OC)c(OCC)c1. The van der Waals surface area contributed by atoms with E-state index < -0.39 is 0 Å². The molecule has 2 rings (SSSR count). The Bertz CT molecular complexity index is 796. The molecular weight excluding hydrogens is 382 g/mol. The fraction of sp³-hybridized carbons (Fsp3) is 0.435. The van der Waals surface area contributed by atoms with Crippen molar-refractivity contribution in [2.45, 2.75) is 26.8 Å². The summed E-state index contributed by atoms with van der Waals surface area (Å²) in [5.74, 6) is 2.93. The normalized spacial score (nSPS) is 11.1. The van der Waals surface area contributed by atoms with Gasteiger partial charge in [0.1, 0.15) is 5.75 Å². The van der Waals surface area contributed by atoms with Crippen LogP contribution in [0.2, 0.25) is 0 Å². The Balaban J connectivity index is 2.05. The summed E-state index contributed by atoms with van der Waals surface area (Å²) in [5.41, 5.74) is 1.94. The van der Waals surface area contributed by atoms with Crippen LogP contribution in [0, 0.1) is 0 Å². The molecule has 0 heterocycles. The predicted octanol–water partition coefficient (Wildman–Crippen LogP) is 4.09. The summed E-state index contributed by atoms with van der Waals surface area (Å²) in [7, 11) is 3.32. The van der Waals surface area contributed by atoms with Gasteiger partial charge in [0, 0.05) is 38.4 Å². The monoisotopic (exact) mass is 415 g/mol. The molecule has 0 radical (unpaired) electrons. The van der Waals surface area contributed by atoms with Crippen molar-refractivity contribution in [3.63, 3.8) is 0 Å². The molecule has 0 spiro atoms. The molecule has 0 aromatic heterocycles. The number of aliphatic imine (C=N–C) groups is 1. The first-order chi connectivity index (χ1) is 14.7. The van der Waals surface area contributed by atoms with E-state index in [4.69, 9.17) is 23.9 Å².